The van der Waals surface area contributed by atoms with E-state index in [2.05, 4.69) is 5.16 Å². The third kappa shape index (κ3) is 3.09. The second-order valence-corrected chi connectivity index (χ2v) is 3.23. The van der Waals surface area contributed by atoms with E-state index in [1.165, 1.54) is 12.1 Å². The zero-order chi connectivity index (χ0) is 13.5. The average Bonchev–Trinajstić information content (AvgIpc) is 2.32. The van der Waals surface area contributed by atoms with Crippen molar-refractivity contribution in [3.63, 3.8) is 0 Å². The van der Waals surface area contributed by atoms with Gasteiger partial charge in [0, 0.05) is 17.7 Å². The lowest BCUT2D eigenvalue weighted by Crippen LogP contribution is -2.02. The number of rotatable bonds is 6. The van der Waals surface area contributed by atoms with Crippen molar-refractivity contribution in [2.75, 3.05) is 13.2 Å². The third-order valence-electron chi connectivity index (χ3n) is 2.08. The molecule has 7 nitrogen and oxygen atoms in total. The summed E-state index contributed by atoms with van der Waals surface area (Å²) in [6.45, 7) is 4.20. The summed E-state index contributed by atoms with van der Waals surface area (Å²) in [5.74, 6) is 0.491. The number of hydrogen-bond donors (Lipinski definition) is 1. The number of nitro benzene ring substituents is 1. The maximum absolute atomic E-state index is 10.9. The highest BCUT2D eigenvalue weighted by atomic mass is 16.6. The Balaban J connectivity index is 3.34. The van der Waals surface area contributed by atoms with E-state index in [9.17, 15) is 10.1 Å². The third-order valence-corrected chi connectivity index (χ3v) is 2.08. The molecule has 0 aliphatic carbocycles. The number of nitrogens with zero attached hydrogens (tertiary/aromatic N) is 2. The van der Waals surface area contributed by atoms with Crippen molar-refractivity contribution in [3.8, 4) is 11.5 Å². The van der Waals surface area contributed by atoms with Gasteiger partial charge in [0.05, 0.1) is 24.4 Å². The van der Waals surface area contributed by atoms with Crippen molar-refractivity contribution in [3.05, 3.63) is 27.8 Å². The molecular weight excluding hydrogens is 240 g/mol. The maximum Gasteiger partial charge on any atom is 0.311 e. The van der Waals surface area contributed by atoms with Crippen LogP contribution in [0, 0.1) is 10.1 Å². The van der Waals surface area contributed by atoms with Gasteiger partial charge in [0.2, 0.25) is 5.75 Å². The quantitative estimate of drug-likeness (QED) is 0.363. The molecule has 18 heavy (non-hydrogen) atoms. The molecule has 0 heterocycles. The van der Waals surface area contributed by atoms with E-state index in [1.807, 2.05) is 0 Å². The highest BCUT2D eigenvalue weighted by Gasteiger charge is 2.19. The van der Waals surface area contributed by atoms with Crippen LogP contribution in [0.1, 0.15) is 19.4 Å². The van der Waals surface area contributed by atoms with Gasteiger partial charge >= 0.3 is 5.69 Å². The van der Waals surface area contributed by atoms with Crippen LogP contribution in [0.25, 0.3) is 0 Å². The Bertz CT molecular complexity index is 459. The molecule has 0 atom stereocenters. The van der Waals surface area contributed by atoms with Gasteiger partial charge in [-0.15, -0.1) is 0 Å². The summed E-state index contributed by atoms with van der Waals surface area (Å²) in [4.78, 5) is 10.3. The Labute approximate surface area is 104 Å². The average molecular weight is 254 g/mol. The van der Waals surface area contributed by atoms with Gasteiger partial charge in [-0.05, 0) is 13.8 Å². The van der Waals surface area contributed by atoms with Gasteiger partial charge in [-0.25, -0.2) is 0 Å². The van der Waals surface area contributed by atoms with Gasteiger partial charge in [0.15, 0.2) is 0 Å². The normalized spacial score (nSPS) is 10.6. The Morgan fingerprint density at radius 2 is 1.94 bits per heavy atom. The molecule has 1 N–H and O–H groups in total. The maximum atomic E-state index is 10.9. The molecule has 0 aliphatic rings. The van der Waals surface area contributed by atoms with Crippen LogP contribution in [-0.2, 0) is 0 Å². The Hall–Kier alpha value is -2.31. The SMILES string of the molecule is CCOc1cc(OCC)c([N+](=O)[O-])cc1/C=N\O. The summed E-state index contributed by atoms with van der Waals surface area (Å²) in [6.07, 6.45) is 1.08. The molecule has 0 radical (unpaired) electrons. The van der Waals surface area contributed by atoms with Gasteiger partial charge in [-0.1, -0.05) is 5.16 Å². The summed E-state index contributed by atoms with van der Waals surface area (Å²) in [5, 5.41) is 22.3. The number of nitro groups is 1. The highest BCUT2D eigenvalue weighted by Crippen LogP contribution is 2.34. The molecule has 0 spiro atoms. The van der Waals surface area contributed by atoms with Gasteiger partial charge in [-0.3, -0.25) is 10.1 Å². The molecule has 98 valence electrons. The van der Waals surface area contributed by atoms with E-state index in [0.717, 1.165) is 6.21 Å². The van der Waals surface area contributed by atoms with Gasteiger partial charge in [0.1, 0.15) is 5.75 Å². The van der Waals surface area contributed by atoms with E-state index in [-0.39, 0.29) is 11.4 Å². The molecule has 0 unspecified atom stereocenters. The van der Waals surface area contributed by atoms with Crippen LogP contribution in [0.2, 0.25) is 0 Å². The molecule has 7 heteroatoms. The number of oxime groups is 1. The zero-order valence-electron chi connectivity index (χ0n) is 10.1. The standard InChI is InChI=1S/C11H14N2O5/c1-3-17-10-6-11(18-4-2)9(13(15)16)5-8(10)7-12-14/h5-7,14H,3-4H2,1-2H3/b12-7-. The van der Waals surface area contributed by atoms with Crippen LogP contribution < -0.4 is 9.47 Å². The molecule has 0 saturated heterocycles. The summed E-state index contributed by atoms with van der Waals surface area (Å²) in [6, 6.07) is 2.66. The monoisotopic (exact) mass is 254 g/mol. The zero-order valence-corrected chi connectivity index (χ0v) is 10.1. The largest absolute Gasteiger partial charge is 0.493 e. The fourth-order valence-electron chi connectivity index (χ4n) is 1.42. The lowest BCUT2D eigenvalue weighted by Gasteiger charge is -2.10. The minimum Gasteiger partial charge on any atom is -0.493 e. The van der Waals surface area contributed by atoms with E-state index in [4.69, 9.17) is 14.7 Å². The molecule has 1 aromatic rings. The summed E-state index contributed by atoms with van der Waals surface area (Å²) < 4.78 is 10.5. The molecule has 0 amide bonds. The van der Waals surface area contributed by atoms with Crippen molar-refractivity contribution >= 4 is 11.9 Å². The van der Waals surface area contributed by atoms with Crippen molar-refractivity contribution in [2.45, 2.75) is 13.8 Å². The smallest absolute Gasteiger partial charge is 0.311 e. The van der Waals surface area contributed by atoms with Gasteiger partial charge < -0.3 is 14.7 Å². The predicted molar refractivity (Wildman–Crippen MR) is 64.8 cm³/mol. The summed E-state index contributed by atoms with van der Waals surface area (Å²) in [5.41, 5.74) is 0.115. The Morgan fingerprint density at radius 1 is 1.33 bits per heavy atom. The Kier molecular flexibility index (Phi) is 4.91. The van der Waals surface area contributed by atoms with Crippen molar-refractivity contribution in [1.29, 1.82) is 0 Å². The first-order valence-corrected chi connectivity index (χ1v) is 5.39. The number of hydrogen-bond acceptors (Lipinski definition) is 6. The lowest BCUT2D eigenvalue weighted by atomic mass is 10.1. The first kappa shape index (κ1) is 13.8. The first-order chi connectivity index (χ1) is 8.63. The van der Waals surface area contributed by atoms with Crippen LogP contribution in [0.3, 0.4) is 0 Å². The second-order valence-electron chi connectivity index (χ2n) is 3.23. The van der Waals surface area contributed by atoms with Crippen molar-refractivity contribution in [1.82, 2.24) is 0 Å². The van der Waals surface area contributed by atoms with Crippen LogP contribution in [0.15, 0.2) is 17.3 Å². The predicted octanol–water partition coefficient (Wildman–Crippen LogP) is 2.20. The van der Waals surface area contributed by atoms with E-state index < -0.39 is 4.92 Å². The van der Waals surface area contributed by atoms with E-state index in [1.54, 1.807) is 13.8 Å². The lowest BCUT2D eigenvalue weighted by molar-refractivity contribution is -0.385. The molecular formula is C11H14N2O5. The van der Waals surface area contributed by atoms with Gasteiger partial charge in [0.25, 0.3) is 0 Å². The fraction of sp³-hybridized carbons (Fsp3) is 0.364. The van der Waals surface area contributed by atoms with Gasteiger partial charge in [-0.2, -0.15) is 0 Å². The molecule has 0 saturated carbocycles. The van der Waals surface area contributed by atoms with Crippen molar-refractivity contribution < 1.29 is 19.6 Å². The van der Waals surface area contributed by atoms with Crippen LogP contribution >= 0.6 is 0 Å². The molecule has 0 fully saturated rings. The highest BCUT2D eigenvalue weighted by molar-refractivity contribution is 5.85. The first-order valence-electron chi connectivity index (χ1n) is 5.39. The van der Waals surface area contributed by atoms with Crippen molar-refractivity contribution in [2.24, 2.45) is 5.16 Å². The number of ether oxygens (including phenoxy) is 2. The minimum atomic E-state index is -0.560. The minimum absolute atomic E-state index is 0.126. The van der Waals surface area contributed by atoms with Crippen LogP contribution in [-0.4, -0.2) is 29.6 Å². The molecule has 0 aromatic heterocycles. The molecule has 1 aromatic carbocycles. The Morgan fingerprint density at radius 3 is 2.44 bits per heavy atom. The van der Waals surface area contributed by atoms with Crippen LogP contribution in [0.4, 0.5) is 5.69 Å². The summed E-state index contributed by atoms with van der Waals surface area (Å²) >= 11 is 0. The second kappa shape index (κ2) is 6.43. The topological polar surface area (TPSA) is 94.2 Å². The van der Waals surface area contributed by atoms with Crippen LogP contribution in [0.5, 0.6) is 11.5 Å². The van der Waals surface area contributed by atoms with E-state index >= 15 is 0 Å². The fourth-order valence-corrected chi connectivity index (χ4v) is 1.42. The summed E-state index contributed by atoms with van der Waals surface area (Å²) in [7, 11) is 0. The number of benzene rings is 1. The molecule has 0 bridgehead atoms. The van der Waals surface area contributed by atoms with E-state index in [0.29, 0.717) is 24.5 Å². The molecule has 1 rings (SSSR count). The molecule has 0 aliphatic heterocycles.